The third-order valence-corrected chi connectivity index (χ3v) is 5.99. The highest BCUT2D eigenvalue weighted by atomic mass is 16.5. The first-order chi connectivity index (χ1) is 14.8. The zero-order valence-corrected chi connectivity index (χ0v) is 18.0. The van der Waals surface area contributed by atoms with Crippen LogP contribution in [0, 0.1) is 17.2 Å². The number of hydrogen-bond acceptors (Lipinski definition) is 5. The third kappa shape index (κ3) is 5.63. The molecule has 31 heavy (non-hydrogen) atoms. The van der Waals surface area contributed by atoms with Crippen molar-refractivity contribution in [3.8, 4) is 6.07 Å². The van der Waals surface area contributed by atoms with E-state index in [0.717, 1.165) is 12.1 Å². The summed E-state index contributed by atoms with van der Waals surface area (Å²) >= 11 is 0. The molecule has 0 bridgehead atoms. The molecule has 0 aromatic heterocycles. The van der Waals surface area contributed by atoms with Crippen LogP contribution in [0.3, 0.4) is 0 Å². The minimum Gasteiger partial charge on any atom is -0.377 e. The first kappa shape index (κ1) is 22.8. The number of benzene rings is 1. The summed E-state index contributed by atoms with van der Waals surface area (Å²) in [5, 5.41) is 12.9. The number of morpholine rings is 1. The maximum Gasteiger partial charge on any atom is 0.315 e. The number of allylic oxidation sites excluding steroid dienone is 1. The van der Waals surface area contributed by atoms with Crippen molar-refractivity contribution in [3.63, 3.8) is 0 Å². The number of nitrogens with zero attached hydrogens (tertiary/aromatic N) is 3. The molecule has 2 aliphatic rings. The zero-order valence-electron chi connectivity index (χ0n) is 18.0. The molecular weight excluding hydrogens is 394 g/mol. The van der Waals surface area contributed by atoms with Crippen LogP contribution in [-0.4, -0.2) is 66.2 Å². The molecular formula is C23H31N5O3. The van der Waals surface area contributed by atoms with Gasteiger partial charge in [-0.1, -0.05) is 35.9 Å². The average molecular weight is 426 g/mol. The summed E-state index contributed by atoms with van der Waals surface area (Å²) in [6.07, 6.45) is 0.932. The molecule has 2 saturated heterocycles. The fraction of sp³-hybridized carbons (Fsp3) is 0.522. The van der Waals surface area contributed by atoms with Gasteiger partial charge in [0.2, 0.25) is 5.91 Å². The second kappa shape index (κ2) is 9.94. The minimum atomic E-state index is -0.966. The Morgan fingerprint density at radius 2 is 2.13 bits per heavy atom. The topological polar surface area (TPSA) is 112 Å². The summed E-state index contributed by atoms with van der Waals surface area (Å²) in [6.45, 7) is 8.63. The Bertz CT molecular complexity index is 853. The first-order valence-electron chi connectivity index (χ1n) is 10.6. The van der Waals surface area contributed by atoms with Crippen LogP contribution in [0.2, 0.25) is 0 Å². The van der Waals surface area contributed by atoms with Gasteiger partial charge in [0.25, 0.3) is 0 Å². The molecule has 0 radical (unpaired) electrons. The van der Waals surface area contributed by atoms with Crippen LogP contribution in [0.15, 0.2) is 42.5 Å². The summed E-state index contributed by atoms with van der Waals surface area (Å²) in [5.74, 6) is -0.855. The number of carbonyl (C=O) groups is 2. The van der Waals surface area contributed by atoms with E-state index < -0.39 is 23.5 Å². The lowest BCUT2D eigenvalue weighted by atomic mass is 9.89. The fourth-order valence-electron chi connectivity index (χ4n) is 4.42. The molecule has 8 heteroatoms. The SMILES string of the molecule is C=C(C)CC(C(=O)NC1(C#N)CCN(Cc2ccccc2)C1)C1COCCN1C(N)=O. The summed E-state index contributed by atoms with van der Waals surface area (Å²) in [6, 6.07) is 11.3. The number of urea groups is 1. The molecule has 0 aliphatic carbocycles. The van der Waals surface area contributed by atoms with Crippen LogP contribution in [0.25, 0.3) is 0 Å². The maximum absolute atomic E-state index is 13.4. The minimum absolute atomic E-state index is 0.230. The van der Waals surface area contributed by atoms with Gasteiger partial charge in [-0.15, -0.1) is 6.58 Å². The van der Waals surface area contributed by atoms with Crippen LogP contribution in [0.4, 0.5) is 4.79 Å². The van der Waals surface area contributed by atoms with Crippen molar-refractivity contribution in [2.75, 3.05) is 32.8 Å². The van der Waals surface area contributed by atoms with Crippen molar-refractivity contribution < 1.29 is 14.3 Å². The molecule has 166 valence electrons. The lowest BCUT2D eigenvalue weighted by Crippen LogP contribution is -2.59. The van der Waals surface area contributed by atoms with Crippen molar-refractivity contribution in [1.29, 1.82) is 5.26 Å². The Labute approximate surface area is 183 Å². The molecule has 2 heterocycles. The quantitative estimate of drug-likeness (QED) is 0.645. The lowest BCUT2D eigenvalue weighted by molar-refractivity contribution is -0.130. The van der Waals surface area contributed by atoms with Crippen LogP contribution < -0.4 is 11.1 Å². The maximum atomic E-state index is 13.4. The highest BCUT2D eigenvalue weighted by molar-refractivity contribution is 5.82. The molecule has 0 saturated carbocycles. The van der Waals surface area contributed by atoms with Crippen LogP contribution in [0.1, 0.15) is 25.3 Å². The van der Waals surface area contributed by atoms with Gasteiger partial charge in [0.1, 0.15) is 5.54 Å². The lowest BCUT2D eigenvalue weighted by Gasteiger charge is -2.39. The summed E-state index contributed by atoms with van der Waals surface area (Å²) < 4.78 is 5.55. The molecule has 8 nitrogen and oxygen atoms in total. The van der Waals surface area contributed by atoms with Crippen LogP contribution in [-0.2, 0) is 16.1 Å². The third-order valence-electron chi connectivity index (χ3n) is 5.99. The largest absolute Gasteiger partial charge is 0.377 e. The second-order valence-electron chi connectivity index (χ2n) is 8.57. The number of amides is 3. The Hall–Kier alpha value is -2.89. The van der Waals surface area contributed by atoms with Gasteiger partial charge in [0.05, 0.1) is 31.2 Å². The summed E-state index contributed by atoms with van der Waals surface area (Å²) in [5.41, 5.74) is 6.57. The Morgan fingerprint density at radius 1 is 1.39 bits per heavy atom. The van der Waals surface area contributed by atoms with Gasteiger partial charge < -0.3 is 20.7 Å². The number of hydrogen-bond donors (Lipinski definition) is 2. The van der Waals surface area contributed by atoms with E-state index in [1.54, 1.807) is 0 Å². The van der Waals surface area contributed by atoms with Crippen molar-refractivity contribution >= 4 is 11.9 Å². The van der Waals surface area contributed by atoms with E-state index in [1.807, 2.05) is 25.1 Å². The van der Waals surface area contributed by atoms with Gasteiger partial charge in [-0.25, -0.2) is 4.79 Å². The van der Waals surface area contributed by atoms with Crippen LogP contribution in [0.5, 0.6) is 0 Å². The van der Waals surface area contributed by atoms with Gasteiger partial charge in [-0.3, -0.25) is 9.69 Å². The van der Waals surface area contributed by atoms with Gasteiger partial charge in [0.15, 0.2) is 0 Å². The average Bonchev–Trinajstić information content (AvgIpc) is 3.15. The molecule has 3 amide bonds. The number of carbonyl (C=O) groups excluding carboxylic acids is 2. The van der Waals surface area contributed by atoms with Crippen molar-refractivity contribution in [3.05, 3.63) is 48.0 Å². The first-order valence-corrected chi connectivity index (χ1v) is 10.6. The van der Waals surface area contributed by atoms with Crippen LogP contribution >= 0.6 is 0 Å². The Balaban J connectivity index is 1.73. The Kier molecular flexibility index (Phi) is 7.31. The van der Waals surface area contributed by atoms with Gasteiger partial charge in [-0.05, 0) is 25.3 Å². The number of primary amides is 1. The molecule has 3 unspecified atom stereocenters. The zero-order chi connectivity index (χ0) is 22.4. The molecule has 1 aromatic carbocycles. The second-order valence-corrected chi connectivity index (χ2v) is 8.57. The van der Waals surface area contributed by atoms with E-state index in [2.05, 4.69) is 35.0 Å². The molecule has 3 N–H and O–H groups in total. The predicted octanol–water partition coefficient (Wildman–Crippen LogP) is 1.63. The van der Waals surface area contributed by atoms with Crippen molar-refractivity contribution in [1.82, 2.24) is 15.1 Å². The fourth-order valence-corrected chi connectivity index (χ4v) is 4.42. The van der Waals surface area contributed by atoms with E-state index in [0.29, 0.717) is 39.1 Å². The standard InChI is InChI=1S/C23H31N5O3/c1-17(2)12-19(20-14-31-11-10-28(20)22(25)30)21(29)26-23(15-24)8-9-27(16-23)13-18-6-4-3-5-7-18/h3-7,19-20H,1,8-14,16H2,2H3,(H2,25,30)(H,26,29). The number of nitrogens with two attached hydrogens (primary N) is 1. The number of likely N-dealkylation sites (tertiary alicyclic amines) is 1. The molecule has 3 rings (SSSR count). The van der Waals surface area contributed by atoms with E-state index in [9.17, 15) is 14.9 Å². The van der Waals surface area contributed by atoms with E-state index in [-0.39, 0.29) is 12.5 Å². The number of nitrogens with one attached hydrogen (secondary N) is 1. The monoisotopic (exact) mass is 425 g/mol. The van der Waals surface area contributed by atoms with Gasteiger partial charge in [0, 0.05) is 26.2 Å². The van der Waals surface area contributed by atoms with Crippen molar-refractivity contribution in [2.24, 2.45) is 11.7 Å². The molecule has 2 fully saturated rings. The number of nitriles is 1. The number of rotatable bonds is 7. The molecule has 3 atom stereocenters. The van der Waals surface area contributed by atoms with Crippen molar-refractivity contribution in [2.45, 2.75) is 37.9 Å². The molecule has 2 aliphatic heterocycles. The van der Waals surface area contributed by atoms with E-state index >= 15 is 0 Å². The molecule has 0 spiro atoms. The van der Waals surface area contributed by atoms with Gasteiger partial charge >= 0.3 is 6.03 Å². The number of ether oxygens (including phenoxy) is 1. The van der Waals surface area contributed by atoms with E-state index in [4.69, 9.17) is 10.5 Å². The Morgan fingerprint density at radius 3 is 2.77 bits per heavy atom. The summed E-state index contributed by atoms with van der Waals surface area (Å²) in [7, 11) is 0. The van der Waals surface area contributed by atoms with E-state index in [1.165, 1.54) is 10.5 Å². The predicted molar refractivity (Wildman–Crippen MR) is 117 cm³/mol. The summed E-state index contributed by atoms with van der Waals surface area (Å²) in [4.78, 5) is 29.0. The smallest absolute Gasteiger partial charge is 0.315 e. The molecule has 1 aromatic rings. The highest BCUT2D eigenvalue weighted by Crippen LogP contribution is 2.27. The van der Waals surface area contributed by atoms with Gasteiger partial charge in [-0.2, -0.15) is 5.26 Å². The normalized spacial score (nSPS) is 24.9. The highest BCUT2D eigenvalue weighted by Gasteiger charge is 2.43.